The van der Waals surface area contributed by atoms with Gasteiger partial charge in [0.1, 0.15) is 17.5 Å². The molecule has 0 spiro atoms. The maximum Gasteiger partial charge on any atom is 0.131 e. The predicted octanol–water partition coefficient (Wildman–Crippen LogP) is 3.31. The molecule has 0 fully saturated rings. The second kappa shape index (κ2) is 6.03. The zero-order valence-corrected chi connectivity index (χ0v) is 12.5. The fourth-order valence-corrected chi connectivity index (χ4v) is 1.49. The predicted molar refractivity (Wildman–Crippen MR) is 78.0 cm³/mol. The highest BCUT2D eigenvalue weighted by Crippen LogP contribution is 2.25. The molecule has 0 bridgehead atoms. The lowest BCUT2D eigenvalue weighted by atomic mass is 9.82. The molecule has 0 amide bonds. The summed E-state index contributed by atoms with van der Waals surface area (Å²) in [6.45, 7) is 14.8. The molecule has 0 saturated heterocycles. The average molecular weight is 250 g/mol. The van der Waals surface area contributed by atoms with E-state index in [-0.39, 0.29) is 0 Å². The highest BCUT2D eigenvalue weighted by atomic mass is 15.1. The number of nitrogens with one attached hydrogen (secondary N) is 2. The van der Waals surface area contributed by atoms with Crippen molar-refractivity contribution in [2.24, 2.45) is 11.3 Å². The number of hydrogen-bond acceptors (Lipinski definition) is 4. The van der Waals surface area contributed by atoms with Gasteiger partial charge in [0.15, 0.2) is 0 Å². The van der Waals surface area contributed by atoms with Crippen molar-refractivity contribution in [2.75, 3.05) is 23.7 Å². The molecule has 102 valence electrons. The summed E-state index contributed by atoms with van der Waals surface area (Å²) in [4.78, 5) is 8.75. The molecule has 1 rings (SSSR count). The van der Waals surface area contributed by atoms with Crippen molar-refractivity contribution in [3.8, 4) is 0 Å². The quantitative estimate of drug-likeness (QED) is 0.841. The van der Waals surface area contributed by atoms with Gasteiger partial charge in [-0.25, -0.2) is 9.97 Å². The van der Waals surface area contributed by atoms with Crippen LogP contribution in [0.15, 0.2) is 6.07 Å². The monoisotopic (exact) mass is 250 g/mol. The Bertz CT molecular complexity index is 382. The highest BCUT2D eigenvalue weighted by Gasteiger charge is 2.19. The Morgan fingerprint density at radius 2 is 1.72 bits per heavy atom. The van der Waals surface area contributed by atoms with Crippen LogP contribution in [0.5, 0.6) is 0 Å². The van der Waals surface area contributed by atoms with E-state index in [1.54, 1.807) is 0 Å². The number of rotatable bonds is 5. The topological polar surface area (TPSA) is 49.8 Å². The zero-order chi connectivity index (χ0) is 13.8. The number of hydrogen-bond donors (Lipinski definition) is 2. The molecule has 4 nitrogen and oxygen atoms in total. The molecule has 2 N–H and O–H groups in total. The summed E-state index contributed by atoms with van der Waals surface area (Å²) >= 11 is 0. The third kappa shape index (κ3) is 4.51. The van der Waals surface area contributed by atoms with Gasteiger partial charge in [0.05, 0.1) is 0 Å². The smallest absolute Gasteiger partial charge is 0.131 e. The fourth-order valence-electron chi connectivity index (χ4n) is 1.49. The van der Waals surface area contributed by atoms with Gasteiger partial charge in [0.25, 0.3) is 0 Å². The van der Waals surface area contributed by atoms with Gasteiger partial charge in [0.2, 0.25) is 0 Å². The maximum absolute atomic E-state index is 4.41. The van der Waals surface area contributed by atoms with Gasteiger partial charge in [-0.3, -0.25) is 0 Å². The summed E-state index contributed by atoms with van der Waals surface area (Å²) < 4.78 is 0. The Morgan fingerprint density at radius 1 is 1.17 bits per heavy atom. The fraction of sp³-hybridized carbons (Fsp3) is 0.714. The van der Waals surface area contributed by atoms with Gasteiger partial charge in [-0.15, -0.1) is 0 Å². The summed E-state index contributed by atoms with van der Waals surface area (Å²) in [5, 5.41) is 6.61. The minimum atomic E-state index is 0.305. The van der Waals surface area contributed by atoms with Crippen LogP contribution in [0.3, 0.4) is 0 Å². The van der Waals surface area contributed by atoms with E-state index in [0.717, 1.165) is 30.5 Å². The zero-order valence-electron chi connectivity index (χ0n) is 12.5. The second-order valence-electron chi connectivity index (χ2n) is 5.86. The molecule has 0 aliphatic rings. The summed E-state index contributed by atoms with van der Waals surface area (Å²) in [5.41, 5.74) is 0.305. The van der Waals surface area contributed by atoms with Crippen LogP contribution in [0.2, 0.25) is 0 Å². The first-order valence-corrected chi connectivity index (χ1v) is 6.66. The molecule has 0 saturated carbocycles. The van der Waals surface area contributed by atoms with E-state index in [1.165, 1.54) is 0 Å². The molecule has 1 heterocycles. The molecule has 1 aromatic rings. The van der Waals surface area contributed by atoms with E-state index >= 15 is 0 Å². The summed E-state index contributed by atoms with van der Waals surface area (Å²) in [5.74, 6) is 3.15. The van der Waals surface area contributed by atoms with Gasteiger partial charge in [0, 0.05) is 19.2 Å². The van der Waals surface area contributed by atoms with Gasteiger partial charge in [-0.1, -0.05) is 27.7 Å². The summed E-state index contributed by atoms with van der Waals surface area (Å²) in [6.07, 6.45) is 0. The van der Waals surface area contributed by atoms with Crippen LogP contribution in [0, 0.1) is 18.3 Å². The maximum atomic E-state index is 4.41. The van der Waals surface area contributed by atoms with Crippen molar-refractivity contribution in [1.82, 2.24) is 9.97 Å². The normalized spacial score (nSPS) is 13.2. The van der Waals surface area contributed by atoms with Crippen molar-refractivity contribution in [3.63, 3.8) is 0 Å². The molecule has 0 aliphatic heterocycles. The van der Waals surface area contributed by atoms with Crippen molar-refractivity contribution in [1.29, 1.82) is 0 Å². The van der Waals surface area contributed by atoms with Crippen LogP contribution in [0.1, 0.15) is 40.4 Å². The van der Waals surface area contributed by atoms with Crippen LogP contribution in [0.25, 0.3) is 0 Å². The Labute approximate surface area is 111 Å². The van der Waals surface area contributed by atoms with Crippen LogP contribution < -0.4 is 10.6 Å². The van der Waals surface area contributed by atoms with Gasteiger partial charge < -0.3 is 10.6 Å². The first-order chi connectivity index (χ1) is 8.32. The van der Waals surface area contributed by atoms with Gasteiger partial charge in [-0.05, 0) is 25.2 Å². The standard InChI is InChI=1S/C14H26N4/c1-7-15-12-8-13(18-11(3)17-12)16-9-10(2)14(4,5)6/h8,10H,7,9H2,1-6H3,(H2,15,16,17,18). The number of nitrogens with zero attached hydrogens (tertiary/aromatic N) is 2. The molecule has 4 heteroatoms. The molecule has 1 unspecified atom stereocenters. The third-order valence-corrected chi connectivity index (χ3v) is 3.26. The second-order valence-corrected chi connectivity index (χ2v) is 5.86. The number of aryl methyl sites for hydroxylation is 1. The van der Waals surface area contributed by atoms with E-state index < -0.39 is 0 Å². The third-order valence-electron chi connectivity index (χ3n) is 3.26. The lowest BCUT2D eigenvalue weighted by molar-refractivity contribution is 0.274. The van der Waals surface area contributed by atoms with Crippen molar-refractivity contribution < 1.29 is 0 Å². The lowest BCUT2D eigenvalue weighted by Gasteiger charge is -2.27. The van der Waals surface area contributed by atoms with Gasteiger partial charge in [-0.2, -0.15) is 0 Å². The Hall–Kier alpha value is -1.32. The SMILES string of the molecule is CCNc1cc(NCC(C)C(C)(C)C)nc(C)n1. The largest absolute Gasteiger partial charge is 0.370 e. The molecular weight excluding hydrogens is 224 g/mol. The molecule has 18 heavy (non-hydrogen) atoms. The van der Waals surface area contributed by atoms with E-state index in [2.05, 4.69) is 55.2 Å². The first-order valence-electron chi connectivity index (χ1n) is 6.66. The van der Waals surface area contributed by atoms with Crippen LogP contribution >= 0.6 is 0 Å². The molecule has 0 aromatic carbocycles. The van der Waals surface area contributed by atoms with Crippen LogP contribution in [-0.2, 0) is 0 Å². The summed E-state index contributed by atoms with van der Waals surface area (Å²) in [6, 6.07) is 1.96. The molecule has 1 aromatic heterocycles. The Balaban J connectivity index is 2.67. The Morgan fingerprint density at radius 3 is 2.22 bits per heavy atom. The van der Waals surface area contributed by atoms with E-state index in [4.69, 9.17) is 0 Å². The minimum Gasteiger partial charge on any atom is -0.370 e. The van der Waals surface area contributed by atoms with Crippen molar-refractivity contribution in [3.05, 3.63) is 11.9 Å². The van der Waals surface area contributed by atoms with Crippen molar-refractivity contribution in [2.45, 2.75) is 41.5 Å². The highest BCUT2D eigenvalue weighted by molar-refractivity contribution is 5.47. The molecule has 0 radical (unpaired) electrons. The van der Waals surface area contributed by atoms with Crippen LogP contribution in [0.4, 0.5) is 11.6 Å². The molecular formula is C14H26N4. The van der Waals surface area contributed by atoms with Crippen molar-refractivity contribution >= 4 is 11.6 Å². The van der Waals surface area contributed by atoms with Crippen LogP contribution in [-0.4, -0.2) is 23.1 Å². The Kier molecular flexibility index (Phi) is 4.93. The molecule has 0 aliphatic carbocycles. The lowest BCUT2D eigenvalue weighted by Crippen LogP contribution is -2.25. The average Bonchev–Trinajstić information content (AvgIpc) is 2.24. The number of aromatic nitrogens is 2. The van der Waals surface area contributed by atoms with E-state index in [1.807, 2.05) is 13.0 Å². The van der Waals surface area contributed by atoms with E-state index in [9.17, 15) is 0 Å². The minimum absolute atomic E-state index is 0.305. The first kappa shape index (κ1) is 14.7. The summed E-state index contributed by atoms with van der Waals surface area (Å²) in [7, 11) is 0. The van der Waals surface area contributed by atoms with E-state index in [0.29, 0.717) is 11.3 Å². The van der Waals surface area contributed by atoms with Gasteiger partial charge >= 0.3 is 0 Å². The number of anilines is 2. The molecule has 1 atom stereocenters.